The van der Waals surface area contributed by atoms with Crippen LogP contribution in [0, 0.1) is 11.3 Å². The molecule has 148 valence electrons. The third-order valence-corrected chi connectivity index (χ3v) is 3.91. The summed E-state index contributed by atoms with van der Waals surface area (Å²) in [5.74, 6) is -0.331. The summed E-state index contributed by atoms with van der Waals surface area (Å²) in [6.45, 7) is 2.23. The third-order valence-electron chi connectivity index (χ3n) is 3.91. The molecule has 0 spiro atoms. The number of anilines is 1. The third kappa shape index (κ3) is 6.34. The number of hydrogen-bond donors (Lipinski definition) is 4. The lowest BCUT2D eigenvalue weighted by atomic mass is 10.0. The summed E-state index contributed by atoms with van der Waals surface area (Å²) in [5, 5.41) is 23.4. The highest BCUT2D eigenvalue weighted by Gasteiger charge is 2.05. The van der Waals surface area contributed by atoms with Gasteiger partial charge in [-0.05, 0) is 31.2 Å². The van der Waals surface area contributed by atoms with Crippen LogP contribution in [0.5, 0.6) is 0 Å². The normalized spacial score (nSPS) is 10.7. The van der Waals surface area contributed by atoms with Gasteiger partial charge >= 0.3 is 0 Å². The second-order valence-electron chi connectivity index (χ2n) is 6.13. The minimum atomic E-state index is -0.399. The molecule has 7 heteroatoms. The zero-order chi connectivity index (χ0) is 21.1. The molecule has 0 aliphatic rings. The number of hydrazine groups is 1. The molecule has 1 atom stereocenters. The van der Waals surface area contributed by atoms with E-state index in [1.165, 1.54) is 0 Å². The number of fused-ring (bicyclic) bond motifs is 1. The van der Waals surface area contributed by atoms with Gasteiger partial charge in [-0.25, -0.2) is 0 Å². The van der Waals surface area contributed by atoms with E-state index in [-0.39, 0.29) is 5.91 Å². The molecule has 3 aromatic carbocycles. The number of nitrogens with zero attached hydrogens (tertiary/aromatic N) is 1. The van der Waals surface area contributed by atoms with E-state index in [4.69, 9.17) is 5.26 Å². The van der Waals surface area contributed by atoms with Crippen molar-refractivity contribution in [1.29, 1.82) is 5.26 Å². The van der Waals surface area contributed by atoms with Crippen molar-refractivity contribution in [3.05, 3.63) is 77.9 Å². The van der Waals surface area contributed by atoms with Gasteiger partial charge in [0, 0.05) is 28.6 Å². The van der Waals surface area contributed by atoms with Gasteiger partial charge in [-0.2, -0.15) is 5.26 Å². The largest absolute Gasteiger partial charge is 0.392 e. The van der Waals surface area contributed by atoms with Gasteiger partial charge < -0.3 is 10.4 Å². The lowest BCUT2D eigenvalue weighted by Crippen LogP contribution is -2.36. The molecule has 4 N–H and O–H groups in total. The van der Waals surface area contributed by atoms with E-state index >= 15 is 0 Å². The van der Waals surface area contributed by atoms with E-state index in [0.717, 1.165) is 16.5 Å². The van der Waals surface area contributed by atoms with Crippen LogP contribution in [-0.2, 0) is 4.79 Å². The van der Waals surface area contributed by atoms with Crippen molar-refractivity contribution >= 4 is 28.8 Å². The Morgan fingerprint density at radius 2 is 1.72 bits per heavy atom. The summed E-state index contributed by atoms with van der Waals surface area (Å²) in [4.78, 5) is 20.9. The molecule has 0 aliphatic carbocycles. The molecule has 0 bridgehead atoms. The first-order chi connectivity index (χ1) is 14.1. The summed E-state index contributed by atoms with van der Waals surface area (Å²) in [7, 11) is 0. The predicted octanol–water partition coefficient (Wildman–Crippen LogP) is 2.58. The number of nitrogens with one attached hydrogen (secondary N) is 3. The van der Waals surface area contributed by atoms with E-state index in [0.29, 0.717) is 24.1 Å². The molecule has 2 amide bonds. The fourth-order valence-corrected chi connectivity index (χ4v) is 2.57. The second kappa shape index (κ2) is 11.1. The first kappa shape index (κ1) is 21.4. The quantitative estimate of drug-likeness (QED) is 0.382. The molecule has 7 nitrogen and oxygen atoms in total. The standard InChI is InChI=1S/C14H14N2O.C8H8N2O2/c1-10(17)9-16-14-7-6-11(8-15)12-4-2-3-5-13(12)14;11-6-9-10-8(12)7-4-2-1-3-5-7/h2-7,10,16-17H,9H2,1H3;1-6H,(H,9,11)(H,10,12). The van der Waals surface area contributed by atoms with E-state index in [1.807, 2.05) is 36.4 Å². The molecule has 0 aromatic heterocycles. The van der Waals surface area contributed by atoms with Crippen LogP contribution in [0.25, 0.3) is 10.8 Å². The monoisotopic (exact) mass is 390 g/mol. The Balaban J connectivity index is 0.000000221. The predicted molar refractivity (Wildman–Crippen MR) is 112 cm³/mol. The van der Waals surface area contributed by atoms with E-state index in [1.54, 1.807) is 37.3 Å². The Hall–Kier alpha value is -3.89. The SMILES string of the molecule is CC(O)CNc1ccc(C#N)c2ccccc12.O=CNNC(=O)c1ccccc1. The van der Waals surface area contributed by atoms with Crippen molar-refractivity contribution in [2.24, 2.45) is 0 Å². The lowest BCUT2D eigenvalue weighted by molar-refractivity contribution is -0.110. The summed E-state index contributed by atoms with van der Waals surface area (Å²) < 4.78 is 0. The fourth-order valence-electron chi connectivity index (χ4n) is 2.57. The first-order valence-corrected chi connectivity index (χ1v) is 8.95. The minimum Gasteiger partial charge on any atom is -0.392 e. The van der Waals surface area contributed by atoms with Gasteiger partial charge in [0.2, 0.25) is 6.41 Å². The second-order valence-corrected chi connectivity index (χ2v) is 6.13. The maximum absolute atomic E-state index is 11.1. The maximum Gasteiger partial charge on any atom is 0.269 e. The van der Waals surface area contributed by atoms with Crippen LogP contribution in [0.2, 0.25) is 0 Å². The van der Waals surface area contributed by atoms with Crippen molar-refractivity contribution in [1.82, 2.24) is 10.9 Å². The molecule has 1 unspecified atom stereocenters. The summed E-state index contributed by atoms with van der Waals surface area (Å²) in [5.41, 5.74) is 6.38. The van der Waals surface area contributed by atoms with Gasteiger partial charge in [-0.15, -0.1) is 0 Å². The fraction of sp³-hybridized carbons (Fsp3) is 0.136. The van der Waals surface area contributed by atoms with Gasteiger partial charge in [0.25, 0.3) is 5.91 Å². The van der Waals surface area contributed by atoms with Gasteiger partial charge in [-0.1, -0.05) is 42.5 Å². The van der Waals surface area contributed by atoms with Gasteiger partial charge in [-0.3, -0.25) is 20.4 Å². The molecule has 0 fully saturated rings. The highest BCUT2D eigenvalue weighted by molar-refractivity contribution is 5.97. The minimum absolute atomic E-state index is 0.331. The number of rotatable bonds is 6. The first-order valence-electron chi connectivity index (χ1n) is 8.95. The van der Waals surface area contributed by atoms with Crippen LogP contribution in [0.4, 0.5) is 5.69 Å². The molecular weight excluding hydrogens is 368 g/mol. The molecule has 3 rings (SSSR count). The van der Waals surface area contributed by atoms with Gasteiger partial charge in [0.05, 0.1) is 17.7 Å². The molecular formula is C22H22N4O3. The maximum atomic E-state index is 11.1. The number of aliphatic hydroxyl groups is 1. The van der Waals surface area contributed by atoms with Crippen molar-refractivity contribution in [2.75, 3.05) is 11.9 Å². The number of benzene rings is 3. The summed E-state index contributed by atoms with van der Waals surface area (Å²) in [6, 6.07) is 22.2. The van der Waals surface area contributed by atoms with Crippen LogP contribution in [-0.4, -0.2) is 30.1 Å². The van der Waals surface area contributed by atoms with Crippen LogP contribution in [0.3, 0.4) is 0 Å². The molecule has 0 heterocycles. The van der Waals surface area contributed by atoms with Crippen LogP contribution < -0.4 is 16.2 Å². The van der Waals surface area contributed by atoms with Crippen molar-refractivity contribution < 1.29 is 14.7 Å². The molecule has 3 aromatic rings. The highest BCUT2D eigenvalue weighted by Crippen LogP contribution is 2.26. The van der Waals surface area contributed by atoms with Crippen LogP contribution >= 0.6 is 0 Å². The van der Waals surface area contributed by atoms with E-state index in [2.05, 4.69) is 22.2 Å². The average Bonchev–Trinajstić information content (AvgIpc) is 2.76. The zero-order valence-electron chi connectivity index (χ0n) is 15.9. The summed E-state index contributed by atoms with van der Waals surface area (Å²) >= 11 is 0. The number of carbonyl (C=O) groups excluding carboxylic acids is 2. The van der Waals surface area contributed by atoms with E-state index < -0.39 is 6.10 Å². The van der Waals surface area contributed by atoms with Crippen molar-refractivity contribution in [2.45, 2.75) is 13.0 Å². The van der Waals surface area contributed by atoms with Crippen LogP contribution in [0.15, 0.2) is 66.7 Å². The molecule has 29 heavy (non-hydrogen) atoms. The van der Waals surface area contributed by atoms with Gasteiger partial charge in [0.1, 0.15) is 0 Å². The number of amides is 2. The molecule has 0 radical (unpaired) electrons. The lowest BCUT2D eigenvalue weighted by Gasteiger charge is -2.11. The molecule has 0 saturated carbocycles. The van der Waals surface area contributed by atoms with Crippen molar-refractivity contribution in [3.63, 3.8) is 0 Å². The molecule has 0 aliphatic heterocycles. The number of aliphatic hydroxyl groups excluding tert-OH is 1. The van der Waals surface area contributed by atoms with E-state index in [9.17, 15) is 14.7 Å². The number of hydrogen-bond acceptors (Lipinski definition) is 5. The van der Waals surface area contributed by atoms with Gasteiger partial charge in [0.15, 0.2) is 0 Å². The zero-order valence-corrected chi connectivity index (χ0v) is 15.9. The Bertz CT molecular complexity index is 998. The Morgan fingerprint density at radius 3 is 2.34 bits per heavy atom. The van der Waals surface area contributed by atoms with Crippen LogP contribution in [0.1, 0.15) is 22.8 Å². The topological polar surface area (TPSA) is 114 Å². The molecule has 0 saturated heterocycles. The number of carbonyl (C=O) groups is 2. The summed E-state index contributed by atoms with van der Waals surface area (Å²) in [6.07, 6.45) is 0.00491. The highest BCUT2D eigenvalue weighted by atomic mass is 16.3. The Kier molecular flexibility index (Phi) is 8.17. The van der Waals surface area contributed by atoms with Crippen molar-refractivity contribution in [3.8, 4) is 6.07 Å². The average molecular weight is 390 g/mol. The Labute approximate surface area is 168 Å². The number of nitriles is 1. The Morgan fingerprint density at radius 1 is 1.07 bits per heavy atom. The smallest absolute Gasteiger partial charge is 0.269 e.